The molecule has 190 valence electrons. The summed E-state index contributed by atoms with van der Waals surface area (Å²) >= 11 is 0. The van der Waals surface area contributed by atoms with Gasteiger partial charge in [-0.2, -0.15) is 0 Å². The normalized spacial score (nSPS) is 24.3. The van der Waals surface area contributed by atoms with Crippen LogP contribution in [0.5, 0.6) is 0 Å². The van der Waals surface area contributed by atoms with Crippen molar-refractivity contribution in [3.05, 3.63) is 94.6 Å². The summed E-state index contributed by atoms with van der Waals surface area (Å²) < 4.78 is 97.1. The number of allylic oxidation sites excluding steroid dienone is 4. The minimum absolute atomic E-state index is 0.0388. The molecular formula is C24H25F5NO4P. The number of alkyl halides is 1. The lowest BCUT2D eigenvalue weighted by atomic mass is 9.73. The summed E-state index contributed by atoms with van der Waals surface area (Å²) in [5.74, 6) is -10.8. The minimum Gasteiger partial charge on any atom is -0.374 e. The second-order valence-corrected chi connectivity index (χ2v) is 10.0. The number of rotatable bonds is 9. The van der Waals surface area contributed by atoms with E-state index in [1.165, 1.54) is 30.3 Å². The predicted molar refractivity (Wildman–Crippen MR) is 120 cm³/mol. The quantitative estimate of drug-likeness (QED) is 0.292. The van der Waals surface area contributed by atoms with Gasteiger partial charge in [0.05, 0.1) is 19.1 Å². The smallest absolute Gasteiger partial charge is 0.374 e. The topological polar surface area (TPSA) is 81.8 Å². The van der Waals surface area contributed by atoms with E-state index in [0.29, 0.717) is 0 Å². The van der Waals surface area contributed by atoms with E-state index in [1.54, 1.807) is 18.2 Å². The van der Waals surface area contributed by atoms with Gasteiger partial charge in [-0.1, -0.05) is 54.6 Å². The van der Waals surface area contributed by atoms with Crippen molar-refractivity contribution in [2.45, 2.75) is 44.1 Å². The minimum atomic E-state index is -4.82. The third-order valence-corrected chi connectivity index (χ3v) is 6.41. The molecule has 0 heterocycles. The maximum Gasteiger partial charge on any atom is 0.400 e. The largest absolute Gasteiger partial charge is 0.400 e. The van der Waals surface area contributed by atoms with Gasteiger partial charge < -0.3 is 9.63 Å². The van der Waals surface area contributed by atoms with Crippen LogP contribution in [-0.4, -0.2) is 22.8 Å². The Morgan fingerprint density at radius 1 is 1.06 bits per heavy atom. The van der Waals surface area contributed by atoms with Crippen molar-refractivity contribution in [1.82, 2.24) is 0 Å². The molecule has 2 aromatic carbocycles. The van der Waals surface area contributed by atoms with Crippen LogP contribution in [0.4, 0.5) is 22.0 Å². The number of hydrogen-bond acceptors (Lipinski definition) is 3. The lowest BCUT2D eigenvalue weighted by Crippen LogP contribution is -2.47. The molecule has 0 aliphatic heterocycles. The number of nitrogens with two attached hydrogens (primary N) is 1. The summed E-state index contributed by atoms with van der Waals surface area (Å²) in [5.41, 5.74) is 0.831. The summed E-state index contributed by atoms with van der Waals surface area (Å²) in [4.78, 5) is 9.63. The van der Waals surface area contributed by atoms with Crippen LogP contribution in [0.2, 0.25) is 0 Å². The SMILES string of the molecule is Cc1ccccc1COCC(C)(CC1(F)C(F)=C(F)C(F)=C(F)C1c1ccccc1)OP(N)(=O)O. The van der Waals surface area contributed by atoms with Gasteiger partial charge in [-0.05, 0) is 30.5 Å². The van der Waals surface area contributed by atoms with Crippen LogP contribution in [0, 0.1) is 6.92 Å². The maximum absolute atomic E-state index is 16.4. The van der Waals surface area contributed by atoms with E-state index in [2.05, 4.69) is 0 Å². The molecule has 0 saturated carbocycles. The van der Waals surface area contributed by atoms with Crippen LogP contribution in [0.3, 0.4) is 0 Å². The zero-order valence-electron chi connectivity index (χ0n) is 19.0. The molecule has 1 aliphatic carbocycles. The van der Waals surface area contributed by atoms with Crippen molar-refractivity contribution < 1.29 is 40.7 Å². The lowest BCUT2D eigenvalue weighted by Gasteiger charge is -2.41. The van der Waals surface area contributed by atoms with Crippen LogP contribution < -0.4 is 5.50 Å². The third-order valence-electron chi connectivity index (χ3n) is 5.71. The molecule has 3 N–H and O–H groups in total. The highest BCUT2D eigenvalue weighted by molar-refractivity contribution is 7.50. The van der Waals surface area contributed by atoms with E-state index < -0.39 is 61.3 Å². The molecule has 0 radical (unpaired) electrons. The first kappa shape index (κ1) is 27.2. The van der Waals surface area contributed by atoms with Crippen LogP contribution in [0.1, 0.15) is 36.0 Å². The van der Waals surface area contributed by atoms with E-state index in [0.717, 1.165) is 18.1 Å². The Morgan fingerprint density at radius 2 is 1.66 bits per heavy atom. The Balaban J connectivity index is 1.99. The molecule has 4 atom stereocenters. The molecule has 0 amide bonds. The molecule has 0 fully saturated rings. The molecule has 2 aromatic rings. The zero-order chi connectivity index (χ0) is 26.0. The van der Waals surface area contributed by atoms with Gasteiger partial charge in [0.15, 0.2) is 23.1 Å². The monoisotopic (exact) mass is 517 g/mol. The highest BCUT2D eigenvalue weighted by Gasteiger charge is 2.57. The highest BCUT2D eigenvalue weighted by Crippen LogP contribution is 2.56. The second-order valence-electron chi connectivity index (χ2n) is 8.70. The Morgan fingerprint density at radius 3 is 2.26 bits per heavy atom. The summed E-state index contributed by atoms with van der Waals surface area (Å²) in [5, 5.41) is 0. The summed E-state index contributed by atoms with van der Waals surface area (Å²) in [6.45, 7) is 2.25. The average molecular weight is 517 g/mol. The van der Waals surface area contributed by atoms with E-state index in [9.17, 15) is 22.6 Å². The number of halogens is 5. The third kappa shape index (κ3) is 6.08. The van der Waals surface area contributed by atoms with Crippen LogP contribution in [0.15, 0.2) is 77.9 Å². The molecule has 5 nitrogen and oxygen atoms in total. The maximum atomic E-state index is 16.4. The van der Waals surface area contributed by atoms with Crippen molar-refractivity contribution in [3.63, 3.8) is 0 Å². The van der Waals surface area contributed by atoms with E-state index in [1.807, 2.05) is 13.0 Å². The Kier molecular flexibility index (Phi) is 8.03. The standard InChI is InChI=1S/C24H25F5NO4P/c1-15-8-6-7-11-17(15)12-33-14-23(2,34-35(30,31)32)13-24(29)18(16-9-4-3-5-10-16)19(25)20(26)21(27)22(24)28/h3-11,18H,12-14H2,1-2H3,(H3,30,31,32). The lowest BCUT2D eigenvalue weighted by molar-refractivity contribution is -0.0646. The zero-order valence-corrected chi connectivity index (χ0v) is 19.9. The fourth-order valence-electron chi connectivity index (χ4n) is 4.19. The van der Waals surface area contributed by atoms with Gasteiger partial charge in [0.2, 0.25) is 0 Å². The van der Waals surface area contributed by atoms with Gasteiger partial charge in [-0.15, -0.1) is 0 Å². The van der Waals surface area contributed by atoms with Crippen LogP contribution in [-0.2, 0) is 20.4 Å². The number of aryl methyl sites for hydroxylation is 1. The Bertz CT molecular complexity index is 1190. The summed E-state index contributed by atoms with van der Waals surface area (Å²) in [6, 6.07) is 13.8. The van der Waals surface area contributed by atoms with Crippen molar-refractivity contribution in [2.24, 2.45) is 5.50 Å². The van der Waals surface area contributed by atoms with E-state index >= 15 is 8.78 Å². The van der Waals surface area contributed by atoms with Gasteiger partial charge in [0.1, 0.15) is 11.4 Å². The first-order valence-corrected chi connectivity index (χ1v) is 12.2. The Hall–Kier alpha value is -2.36. The molecule has 1 aliphatic rings. The number of benzene rings is 2. The molecule has 3 rings (SSSR count). The summed E-state index contributed by atoms with van der Waals surface area (Å²) in [7, 11) is -4.82. The van der Waals surface area contributed by atoms with Crippen molar-refractivity contribution in [3.8, 4) is 0 Å². The molecular weight excluding hydrogens is 492 g/mol. The van der Waals surface area contributed by atoms with Gasteiger partial charge in [0.25, 0.3) is 0 Å². The average Bonchev–Trinajstić information content (AvgIpc) is 2.77. The molecule has 0 saturated heterocycles. The van der Waals surface area contributed by atoms with Gasteiger partial charge in [0, 0.05) is 6.42 Å². The van der Waals surface area contributed by atoms with Gasteiger partial charge in [-0.3, -0.25) is 4.52 Å². The van der Waals surface area contributed by atoms with E-state index in [4.69, 9.17) is 14.8 Å². The summed E-state index contributed by atoms with van der Waals surface area (Å²) in [6.07, 6.45) is -1.23. The first-order valence-electron chi connectivity index (χ1n) is 10.6. The molecule has 0 bridgehead atoms. The second kappa shape index (κ2) is 10.3. The molecule has 4 unspecified atom stereocenters. The van der Waals surface area contributed by atoms with Crippen molar-refractivity contribution in [1.29, 1.82) is 0 Å². The number of hydrogen-bond donors (Lipinski definition) is 2. The van der Waals surface area contributed by atoms with Crippen LogP contribution >= 0.6 is 7.75 Å². The fourth-order valence-corrected chi connectivity index (χ4v) is 4.94. The van der Waals surface area contributed by atoms with Gasteiger partial charge >= 0.3 is 7.75 Å². The highest BCUT2D eigenvalue weighted by atomic mass is 31.2. The Labute approximate surface area is 199 Å². The molecule has 35 heavy (non-hydrogen) atoms. The molecule has 11 heteroatoms. The van der Waals surface area contributed by atoms with Gasteiger partial charge in [-0.25, -0.2) is 32.0 Å². The van der Waals surface area contributed by atoms with Crippen molar-refractivity contribution in [2.75, 3.05) is 6.61 Å². The van der Waals surface area contributed by atoms with E-state index in [-0.39, 0.29) is 12.2 Å². The molecule has 0 aromatic heterocycles. The van der Waals surface area contributed by atoms with Crippen LogP contribution in [0.25, 0.3) is 0 Å². The molecule has 0 spiro atoms. The number of ether oxygens (including phenoxy) is 1. The first-order chi connectivity index (χ1) is 16.3. The van der Waals surface area contributed by atoms with Crippen molar-refractivity contribution >= 4 is 7.75 Å². The fraction of sp³-hybridized carbons (Fsp3) is 0.333. The predicted octanol–water partition coefficient (Wildman–Crippen LogP) is 6.54.